The van der Waals surface area contributed by atoms with E-state index < -0.39 is 15.6 Å². The number of hydrogen-bond donors (Lipinski definition) is 1. The van der Waals surface area contributed by atoms with E-state index in [-0.39, 0.29) is 9.34 Å². The molecule has 0 aromatic carbocycles. The van der Waals surface area contributed by atoms with Crippen molar-refractivity contribution in [1.29, 1.82) is 0 Å². The highest BCUT2D eigenvalue weighted by Gasteiger charge is 2.35. The van der Waals surface area contributed by atoms with Crippen LogP contribution in [0.25, 0.3) is 0 Å². The number of aryl methyl sites for hydroxylation is 1. The molecule has 0 unspecified atom stereocenters. The summed E-state index contributed by atoms with van der Waals surface area (Å²) in [4.78, 5) is 3.96. The number of rotatable bonds is 4. The normalized spacial score (nSPS) is 13.3. The van der Waals surface area contributed by atoms with Crippen LogP contribution in [0, 0.1) is 6.92 Å². The van der Waals surface area contributed by atoms with Crippen LogP contribution in [0.5, 0.6) is 0 Å². The van der Waals surface area contributed by atoms with Gasteiger partial charge in [-0.1, -0.05) is 18.3 Å². The Hall–Kier alpha value is -0.660. The minimum atomic E-state index is -3.51. The highest BCUT2D eigenvalue weighted by molar-refractivity contribution is 7.91. The first-order valence-electron chi connectivity index (χ1n) is 5.35. The average Bonchev–Trinajstić information content (AvgIpc) is 2.57. The van der Waals surface area contributed by atoms with Gasteiger partial charge in [0.05, 0.1) is 5.69 Å². The largest absolute Gasteiger partial charge is 0.375 e. The van der Waals surface area contributed by atoms with Crippen LogP contribution < -0.4 is 5.73 Å². The molecule has 5 nitrogen and oxygen atoms in total. The zero-order valence-electron chi connectivity index (χ0n) is 10.8. The van der Waals surface area contributed by atoms with Gasteiger partial charge in [-0.15, -0.1) is 0 Å². The first-order valence-corrected chi connectivity index (χ1v) is 7.60. The number of thiazole rings is 1. The molecule has 98 valence electrons. The summed E-state index contributed by atoms with van der Waals surface area (Å²) in [5, 5.41) is 0.281. The quantitative estimate of drug-likeness (QED) is 0.911. The molecule has 0 saturated heterocycles. The van der Waals surface area contributed by atoms with Crippen molar-refractivity contribution in [2.75, 3.05) is 12.8 Å². The van der Waals surface area contributed by atoms with Crippen LogP contribution in [0.2, 0.25) is 0 Å². The average molecular weight is 277 g/mol. The highest BCUT2D eigenvalue weighted by Crippen LogP contribution is 2.31. The third-order valence-electron chi connectivity index (χ3n) is 3.08. The highest BCUT2D eigenvalue weighted by atomic mass is 32.2. The zero-order valence-corrected chi connectivity index (χ0v) is 12.4. The van der Waals surface area contributed by atoms with Gasteiger partial charge in [-0.3, -0.25) is 0 Å². The van der Waals surface area contributed by atoms with Gasteiger partial charge in [0.15, 0.2) is 9.34 Å². The lowest BCUT2D eigenvalue weighted by Crippen LogP contribution is -2.44. The Kier molecular flexibility index (Phi) is 3.85. The third-order valence-corrected chi connectivity index (χ3v) is 6.73. The van der Waals surface area contributed by atoms with E-state index in [0.29, 0.717) is 5.69 Å². The fraction of sp³-hybridized carbons (Fsp3) is 0.700. The zero-order chi connectivity index (χ0) is 13.4. The van der Waals surface area contributed by atoms with E-state index in [1.807, 2.05) is 20.8 Å². The lowest BCUT2D eigenvalue weighted by atomic mass is 10.0. The lowest BCUT2D eigenvalue weighted by molar-refractivity contribution is 0.257. The first kappa shape index (κ1) is 14.4. The number of nitrogens with two attached hydrogens (primary N) is 1. The van der Waals surface area contributed by atoms with Gasteiger partial charge < -0.3 is 5.73 Å². The minimum Gasteiger partial charge on any atom is -0.375 e. The molecular formula is C10H19N3O2S2. The standard InChI is InChI=1S/C10H19N3O2S2/c1-6-10(3,4)13(5)17(14,15)8-7(2)12-9(11)16-8/h6H2,1-5H3,(H2,11,12). The Morgan fingerprint density at radius 2 is 2.00 bits per heavy atom. The fourth-order valence-electron chi connectivity index (χ4n) is 1.31. The van der Waals surface area contributed by atoms with Crippen LogP contribution in [-0.4, -0.2) is 30.3 Å². The van der Waals surface area contributed by atoms with Gasteiger partial charge in [-0.05, 0) is 27.2 Å². The van der Waals surface area contributed by atoms with E-state index in [9.17, 15) is 8.42 Å². The van der Waals surface area contributed by atoms with Gasteiger partial charge in [0.25, 0.3) is 10.0 Å². The van der Waals surface area contributed by atoms with E-state index >= 15 is 0 Å². The van der Waals surface area contributed by atoms with Crippen LogP contribution >= 0.6 is 11.3 Å². The predicted molar refractivity (Wildman–Crippen MR) is 70.6 cm³/mol. The van der Waals surface area contributed by atoms with Crippen molar-refractivity contribution in [2.45, 2.75) is 43.9 Å². The first-order chi connectivity index (χ1) is 7.63. The second-order valence-corrected chi connectivity index (χ2v) is 7.76. The van der Waals surface area contributed by atoms with Crippen LogP contribution in [0.4, 0.5) is 5.13 Å². The summed E-state index contributed by atoms with van der Waals surface area (Å²) in [5.74, 6) is 0. The summed E-state index contributed by atoms with van der Waals surface area (Å²) in [6.07, 6.45) is 0.732. The molecule has 7 heteroatoms. The third kappa shape index (κ3) is 2.61. The second-order valence-electron chi connectivity index (χ2n) is 4.56. The Bertz CT molecular complexity index is 506. The van der Waals surface area contributed by atoms with Crippen LogP contribution in [-0.2, 0) is 10.0 Å². The van der Waals surface area contributed by atoms with Crippen molar-refractivity contribution >= 4 is 26.5 Å². The molecule has 0 bridgehead atoms. The number of nitrogen functional groups attached to an aromatic ring is 1. The maximum atomic E-state index is 12.4. The molecule has 0 aliphatic rings. The van der Waals surface area contributed by atoms with Gasteiger partial charge >= 0.3 is 0 Å². The molecule has 1 heterocycles. The van der Waals surface area contributed by atoms with E-state index in [2.05, 4.69) is 4.98 Å². The van der Waals surface area contributed by atoms with Crippen molar-refractivity contribution in [3.63, 3.8) is 0 Å². The molecule has 0 fully saturated rings. The molecule has 0 saturated carbocycles. The number of hydrogen-bond acceptors (Lipinski definition) is 5. The smallest absolute Gasteiger partial charge is 0.254 e. The van der Waals surface area contributed by atoms with Crippen LogP contribution in [0.15, 0.2) is 4.21 Å². The van der Waals surface area contributed by atoms with Gasteiger partial charge in [-0.25, -0.2) is 13.4 Å². The van der Waals surface area contributed by atoms with Crippen molar-refractivity contribution < 1.29 is 8.42 Å². The summed E-state index contributed by atoms with van der Waals surface area (Å²) in [6, 6.07) is 0. The molecule has 17 heavy (non-hydrogen) atoms. The SMILES string of the molecule is CCC(C)(C)N(C)S(=O)(=O)c1sc(N)nc1C. The summed E-state index contributed by atoms with van der Waals surface area (Å²) in [5.41, 5.74) is 5.58. The molecule has 0 atom stereocenters. The molecule has 1 aromatic rings. The predicted octanol–water partition coefficient (Wildman–Crippen LogP) is 1.84. The van der Waals surface area contributed by atoms with Gasteiger partial charge in [0, 0.05) is 12.6 Å². The second kappa shape index (κ2) is 4.55. The Morgan fingerprint density at radius 3 is 2.35 bits per heavy atom. The number of anilines is 1. The van der Waals surface area contributed by atoms with Crippen LogP contribution in [0.1, 0.15) is 32.9 Å². The van der Waals surface area contributed by atoms with E-state index in [0.717, 1.165) is 17.8 Å². The summed E-state index contributed by atoms with van der Waals surface area (Å²) < 4.78 is 26.4. The molecular weight excluding hydrogens is 258 g/mol. The molecule has 1 rings (SSSR count). The fourth-order valence-corrected chi connectivity index (χ4v) is 4.34. The number of sulfonamides is 1. The monoisotopic (exact) mass is 277 g/mol. The molecule has 0 spiro atoms. The number of aromatic nitrogens is 1. The Balaban J connectivity index is 3.25. The van der Waals surface area contributed by atoms with Crippen LogP contribution in [0.3, 0.4) is 0 Å². The van der Waals surface area contributed by atoms with Crippen molar-refractivity contribution in [2.24, 2.45) is 0 Å². The molecule has 2 N–H and O–H groups in total. The van der Waals surface area contributed by atoms with Gasteiger partial charge in [-0.2, -0.15) is 4.31 Å². The van der Waals surface area contributed by atoms with Crippen molar-refractivity contribution in [3.8, 4) is 0 Å². The van der Waals surface area contributed by atoms with Crippen molar-refractivity contribution in [3.05, 3.63) is 5.69 Å². The maximum absolute atomic E-state index is 12.4. The molecule has 1 aromatic heterocycles. The molecule has 0 amide bonds. The minimum absolute atomic E-state index is 0.235. The van der Waals surface area contributed by atoms with Gasteiger partial charge in [0.1, 0.15) is 0 Å². The van der Waals surface area contributed by atoms with E-state index in [1.165, 1.54) is 4.31 Å². The topological polar surface area (TPSA) is 76.3 Å². The molecule has 0 aliphatic heterocycles. The summed E-state index contributed by atoms with van der Waals surface area (Å²) >= 11 is 1.01. The Morgan fingerprint density at radius 1 is 1.47 bits per heavy atom. The van der Waals surface area contributed by atoms with E-state index in [4.69, 9.17) is 5.73 Å². The Labute approximate surface area is 107 Å². The van der Waals surface area contributed by atoms with Crippen molar-refractivity contribution in [1.82, 2.24) is 9.29 Å². The molecule has 0 radical (unpaired) electrons. The summed E-state index contributed by atoms with van der Waals surface area (Å²) in [7, 11) is -1.92. The number of nitrogens with zero attached hydrogens (tertiary/aromatic N) is 2. The summed E-state index contributed by atoms with van der Waals surface area (Å²) in [6.45, 7) is 7.40. The van der Waals surface area contributed by atoms with E-state index in [1.54, 1.807) is 14.0 Å². The lowest BCUT2D eigenvalue weighted by Gasteiger charge is -2.33. The van der Waals surface area contributed by atoms with Gasteiger partial charge in [0.2, 0.25) is 0 Å². The molecule has 0 aliphatic carbocycles. The maximum Gasteiger partial charge on any atom is 0.254 e.